The van der Waals surface area contributed by atoms with Crippen molar-refractivity contribution in [3.8, 4) is 11.5 Å². The highest BCUT2D eigenvalue weighted by Crippen LogP contribution is 2.38. The highest BCUT2D eigenvalue weighted by Gasteiger charge is 2.22. The second-order valence-corrected chi connectivity index (χ2v) is 4.38. The van der Waals surface area contributed by atoms with Crippen molar-refractivity contribution >= 4 is 11.6 Å². The number of anilines is 1. The van der Waals surface area contributed by atoms with Gasteiger partial charge in [-0.2, -0.15) is 0 Å². The van der Waals surface area contributed by atoms with Crippen molar-refractivity contribution in [1.29, 1.82) is 0 Å². The van der Waals surface area contributed by atoms with E-state index >= 15 is 0 Å². The van der Waals surface area contributed by atoms with Crippen LogP contribution in [0.3, 0.4) is 0 Å². The van der Waals surface area contributed by atoms with E-state index < -0.39 is 11.7 Å². The van der Waals surface area contributed by atoms with Crippen LogP contribution in [0.2, 0.25) is 0 Å². The fourth-order valence-corrected chi connectivity index (χ4v) is 2.00. The molecule has 0 radical (unpaired) electrons. The molecule has 0 fully saturated rings. The maximum Gasteiger partial charge on any atom is 0.283 e. The van der Waals surface area contributed by atoms with Gasteiger partial charge >= 0.3 is 0 Å². The smallest absolute Gasteiger partial charge is 0.283 e. The molecule has 1 aromatic carbocycles. The lowest BCUT2D eigenvalue weighted by molar-refractivity contribution is -0.114. The minimum atomic E-state index is -1.04. The Morgan fingerprint density at radius 3 is 3.00 bits per heavy atom. The molecule has 1 aliphatic rings. The Kier molecular flexibility index (Phi) is 3.74. The first-order valence-electron chi connectivity index (χ1n) is 6.13. The lowest BCUT2D eigenvalue weighted by atomic mass is 10.1. The van der Waals surface area contributed by atoms with Crippen LogP contribution >= 0.6 is 0 Å². The number of hydrogen-bond donors (Lipinski definition) is 1. The number of fused-ring (bicyclic) bond motifs is 1. The predicted molar refractivity (Wildman–Crippen MR) is 70.3 cm³/mol. The molecule has 1 atom stereocenters. The second-order valence-electron chi connectivity index (χ2n) is 4.38. The van der Waals surface area contributed by atoms with E-state index in [0.717, 1.165) is 12.0 Å². The van der Waals surface area contributed by atoms with Crippen LogP contribution in [0.4, 0.5) is 10.1 Å². The van der Waals surface area contributed by atoms with Gasteiger partial charge in [0.1, 0.15) is 17.6 Å². The molecule has 0 aliphatic carbocycles. The van der Waals surface area contributed by atoms with Gasteiger partial charge in [0.25, 0.3) is 5.91 Å². The molecule has 1 unspecified atom stereocenters. The summed E-state index contributed by atoms with van der Waals surface area (Å²) in [4.78, 5) is 11.4. The van der Waals surface area contributed by atoms with Crippen molar-refractivity contribution in [2.75, 3.05) is 11.9 Å². The van der Waals surface area contributed by atoms with E-state index in [1.54, 1.807) is 6.07 Å². The SMILES string of the molecule is C=C(F)C(=O)Nc1cc2c(cc1OCC)CC(C)O2. The number of amides is 1. The maximum absolute atomic E-state index is 12.8. The van der Waals surface area contributed by atoms with E-state index in [1.165, 1.54) is 0 Å². The largest absolute Gasteiger partial charge is 0.492 e. The van der Waals surface area contributed by atoms with Crippen LogP contribution in [0.5, 0.6) is 11.5 Å². The summed E-state index contributed by atoms with van der Waals surface area (Å²) in [6.07, 6.45) is 0.881. The highest BCUT2D eigenvalue weighted by molar-refractivity contribution is 6.02. The second kappa shape index (κ2) is 5.30. The van der Waals surface area contributed by atoms with Gasteiger partial charge in [0.05, 0.1) is 12.3 Å². The van der Waals surface area contributed by atoms with Gasteiger partial charge in [0.15, 0.2) is 5.83 Å². The summed E-state index contributed by atoms with van der Waals surface area (Å²) in [5.41, 5.74) is 1.41. The summed E-state index contributed by atoms with van der Waals surface area (Å²) in [7, 11) is 0. The van der Waals surface area contributed by atoms with E-state index in [9.17, 15) is 9.18 Å². The zero-order chi connectivity index (χ0) is 14.0. The Bertz CT molecular complexity index is 528. The summed E-state index contributed by atoms with van der Waals surface area (Å²) in [5.74, 6) is -0.728. The van der Waals surface area contributed by atoms with E-state index in [0.29, 0.717) is 23.8 Å². The minimum Gasteiger partial charge on any atom is -0.492 e. The maximum atomic E-state index is 12.8. The van der Waals surface area contributed by atoms with E-state index in [-0.39, 0.29) is 6.10 Å². The zero-order valence-corrected chi connectivity index (χ0v) is 11.0. The molecule has 0 aromatic heterocycles. The third-order valence-electron chi connectivity index (χ3n) is 2.79. The molecular formula is C14H16FNO3. The van der Waals surface area contributed by atoms with Gasteiger partial charge < -0.3 is 14.8 Å². The normalized spacial score (nSPS) is 16.5. The van der Waals surface area contributed by atoms with Crippen LogP contribution in [0, 0.1) is 0 Å². The summed E-state index contributed by atoms with van der Waals surface area (Å²) in [6, 6.07) is 3.48. The molecular weight excluding hydrogens is 249 g/mol. The average molecular weight is 265 g/mol. The van der Waals surface area contributed by atoms with Gasteiger partial charge in [0.2, 0.25) is 0 Å². The summed E-state index contributed by atoms with van der Waals surface area (Å²) < 4.78 is 23.8. The van der Waals surface area contributed by atoms with Crippen molar-refractivity contribution in [2.45, 2.75) is 26.4 Å². The van der Waals surface area contributed by atoms with Crippen LogP contribution < -0.4 is 14.8 Å². The van der Waals surface area contributed by atoms with E-state index in [1.807, 2.05) is 19.9 Å². The molecule has 2 rings (SSSR count). The lowest BCUT2D eigenvalue weighted by Crippen LogP contribution is -2.12. The van der Waals surface area contributed by atoms with Gasteiger partial charge in [-0.1, -0.05) is 6.58 Å². The Labute approximate surface area is 111 Å². The number of carbonyl (C=O) groups excluding carboxylic acids is 1. The Morgan fingerprint density at radius 1 is 1.63 bits per heavy atom. The van der Waals surface area contributed by atoms with Crippen LogP contribution in [-0.4, -0.2) is 18.6 Å². The van der Waals surface area contributed by atoms with Gasteiger partial charge in [-0.05, 0) is 19.9 Å². The fraction of sp³-hybridized carbons (Fsp3) is 0.357. The molecule has 0 bridgehead atoms. The first kappa shape index (κ1) is 13.4. The van der Waals surface area contributed by atoms with Crippen LogP contribution in [0.25, 0.3) is 0 Å². The summed E-state index contributed by atoms with van der Waals surface area (Å²) in [6.45, 7) is 7.21. The average Bonchev–Trinajstić information content (AvgIpc) is 2.68. The molecule has 1 heterocycles. The fourth-order valence-electron chi connectivity index (χ4n) is 2.00. The van der Waals surface area contributed by atoms with Crippen molar-refractivity contribution in [2.24, 2.45) is 0 Å². The van der Waals surface area contributed by atoms with Crippen LogP contribution in [0.1, 0.15) is 19.4 Å². The lowest BCUT2D eigenvalue weighted by Gasteiger charge is -2.12. The third kappa shape index (κ3) is 2.86. The predicted octanol–water partition coefficient (Wildman–Crippen LogP) is 2.83. The molecule has 0 saturated heterocycles. The first-order valence-corrected chi connectivity index (χ1v) is 6.13. The summed E-state index contributed by atoms with van der Waals surface area (Å²) in [5, 5.41) is 2.42. The molecule has 1 amide bonds. The summed E-state index contributed by atoms with van der Waals surface area (Å²) >= 11 is 0. The van der Waals surface area contributed by atoms with Crippen LogP contribution in [-0.2, 0) is 11.2 Å². The highest BCUT2D eigenvalue weighted by atomic mass is 19.1. The van der Waals surface area contributed by atoms with E-state index in [2.05, 4.69) is 11.9 Å². The van der Waals surface area contributed by atoms with Gasteiger partial charge in [-0.25, -0.2) is 4.39 Å². The Morgan fingerprint density at radius 2 is 2.37 bits per heavy atom. The van der Waals surface area contributed by atoms with Crippen molar-refractivity contribution in [1.82, 2.24) is 0 Å². The molecule has 19 heavy (non-hydrogen) atoms. The first-order chi connectivity index (χ1) is 9.01. The number of halogens is 1. The molecule has 1 aromatic rings. The molecule has 5 heteroatoms. The number of hydrogen-bond acceptors (Lipinski definition) is 3. The van der Waals surface area contributed by atoms with Gasteiger partial charge in [-0.15, -0.1) is 0 Å². The number of carbonyl (C=O) groups is 1. The number of rotatable bonds is 4. The molecule has 0 saturated carbocycles. The standard InChI is InChI=1S/C14H16FNO3/c1-4-18-13-6-10-5-8(2)19-12(10)7-11(13)16-14(17)9(3)15/h6-8H,3-5H2,1-2H3,(H,16,17). The Balaban J connectivity index is 2.33. The number of benzene rings is 1. The minimum absolute atomic E-state index is 0.0894. The van der Waals surface area contributed by atoms with Crippen LogP contribution in [0.15, 0.2) is 24.5 Å². The molecule has 1 aliphatic heterocycles. The van der Waals surface area contributed by atoms with Gasteiger partial charge in [0, 0.05) is 18.1 Å². The van der Waals surface area contributed by atoms with Crippen molar-refractivity contribution in [3.63, 3.8) is 0 Å². The zero-order valence-electron chi connectivity index (χ0n) is 11.0. The quantitative estimate of drug-likeness (QED) is 0.851. The van der Waals surface area contributed by atoms with Gasteiger partial charge in [-0.3, -0.25) is 4.79 Å². The number of nitrogens with one attached hydrogen (secondary N) is 1. The number of ether oxygens (including phenoxy) is 2. The topological polar surface area (TPSA) is 47.6 Å². The van der Waals surface area contributed by atoms with Crippen molar-refractivity contribution < 1.29 is 18.7 Å². The Hall–Kier alpha value is -2.04. The molecule has 0 spiro atoms. The molecule has 1 N–H and O–H groups in total. The molecule has 4 nitrogen and oxygen atoms in total. The monoisotopic (exact) mass is 265 g/mol. The third-order valence-corrected chi connectivity index (χ3v) is 2.79. The van der Waals surface area contributed by atoms with E-state index in [4.69, 9.17) is 9.47 Å². The molecule has 102 valence electrons. The van der Waals surface area contributed by atoms with Crippen molar-refractivity contribution in [3.05, 3.63) is 30.1 Å².